The molecule has 2 fully saturated rings. The highest BCUT2D eigenvalue weighted by Gasteiger charge is 2.22. The molecule has 2 atom stereocenters. The van der Waals surface area contributed by atoms with Crippen molar-refractivity contribution in [3.8, 4) is 0 Å². The first-order valence-electron chi connectivity index (χ1n) is 7.78. The summed E-state index contributed by atoms with van der Waals surface area (Å²) in [4.78, 5) is 12.0. The van der Waals surface area contributed by atoms with Gasteiger partial charge in [-0.25, -0.2) is 0 Å². The Morgan fingerprint density at radius 2 is 1.89 bits per heavy atom. The van der Waals surface area contributed by atoms with Gasteiger partial charge in [0.15, 0.2) is 0 Å². The highest BCUT2D eigenvalue weighted by Crippen LogP contribution is 2.27. The summed E-state index contributed by atoms with van der Waals surface area (Å²) in [7, 11) is 0. The lowest BCUT2D eigenvalue weighted by Gasteiger charge is -2.31. The van der Waals surface area contributed by atoms with Gasteiger partial charge in [-0.05, 0) is 38.6 Å². The fourth-order valence-corrected chi connectivity index (χ4v) is 3.33. The lowest BCUT2D eigenvalue weighted by Crippen LogP contribution is -2.51. The van der Waals surface area contributed by atoms with E-state index in [1.165, 1.54) is 38.5 Å². The van der Waals surface area contributed by atoms with Gasteiger partial charge >= 0.3 is 0 Å². The molecule has 1 saturated carbocycles. The zero-order valence-corrected chi connectivity index (χ0v) is 12.9. The van der Waals surface area contributed by atoms with Crippen LogP contribution in [-0.4, -0.2) is 24.5 Å². The van der Waals surface area contributed by atoms with Crippen molar-refractivity contribution < 1.29 is 4.79 Å². The van der Waals surface area contributed by atoms with Gasteiger partial charge in [0.1, 0.15) is 0 Å². The highest BCUT2D eigenvalue weighted by molar-refractivity contribution is 5.85. The Morgan fingerprint density at radius 1 is 1.16 bits per heavy atom. The molecular formula is C15H29ClN2O. The van der Waals surface area contributed by atoms with E-state index in [1.807, 2.05) is 0 Å². The van der Waals surface area contributed by atoms with E-state index in [2.05, 4.69) is 17.6 Å². The number of hydrogen-bond donors (Lipinski definition) is 2. The Labute approximate surface area is 123 Å². The Bertz CT molecular complexity index is 267. The van der Waals surface area contributed by atoms with Crippen molar-refractivity contribution >= 4 is 18.3 Å². The molecule has 1 heterocycles. The van der Waals surface area contributed by atoms with Gasteiger partial charge in [-0.3, -0.25) is 4.79 Å². The molecule has 2 N–H and O–H groups in total. The number of carbonyl (C=O) groups excluding carboxylic acids is 1. The summed E-state index contributed by atoms with van der Waals surface area (Å²) in [5, 5.41) is 6.63. The summed E-state index contributed by atoms with van der Waals surface area (Å²) in [5.41, 5.74) is 0. The number of halogens is 1. The molecule has 1 aliphatic carbocycles. The second-order valence-electron chi connectivity index (χ2n) is 6.10. The molecule has 4 heteroatoms. The smallest absolute Gasteiger partial charge is 0.220 e. The SMILES string of the molecule is CC1NCCCC1NC(=O)CCC1CCCCC1.Cl. The van der Waals surface area contributed by atoms with Crippen LogP contribution in [0.2, 0.25) is 0 Å². The molecule has 112 valence electrons. The molecule has 1 saturated heterocycles. The van der Waals surface area contributed by atoms with Crippen molar-refractivity contribution in [3.05, 3.63) is 0 Å². The Hall–Kier alpha value is -0.280. The summed E-state index contributed by atoms with van der Waals surface area (Å²) in [5.74, 6) is 1.08. The van der Waals surface area contributed by atoms with E-state index in [1.54, 1.807) is 0 Å². The second kappa shape index (κ2) is 8.80. The van der Waals surface area contributed by atoms with Crippen molar-refractivity contribution in [1.82, 2.24) is 10.6 Å². The predicted molar refractivity (Wildman–Crippen MR) is 81.7 cm³/mol. The van der Waals surface area contributed by atoms with Crippen molar-refractivity contribution in [2.75, 3.05) is 6.54 Å². The summed E-state index contributed by atoms with van der Waals surface area (Å²) in [6, 6.07) is 0.773. The average Bonchev–Trinajstić information content (AvgIpc) is 2.40. The van der Waals surface area contributed by atoms with Gasteiger partial charge in [-0.2, -0.15) is 0 Å². The van der Waals surface area contributed by atoms with Crippen molar-refractivity contribution in [3.63, 3.8) is 0 Å². The maximum Gasteiger partial charge on any atom is 0.220 e. The van der Waals surface area contributed by atoms with E-state index in [0.29, 0.717) is 12.1 Å². The number of piperidine rings is 1. The lowest BCUT2D eigenvalue weighted by molar-refractivity contribution is -0.122. The van der Waals surface area contributed by atoms with E-state index in [-0.39, 0.29) is 18.3 Å². The number of hydrogen-bond acceptors (Lipinski definition) is 2. The molecule has 19 heavy (non-hydrogen) atoms. The van der Waals surface area contributed by atoms with Crippen LogP contribution >= 0.6 is 12.4 Å². The third-order valence-corrected chi connectivity index (χ3v) is 4.61. The Kier molecular flexibility index (Phi) is 7.77. The standard InChI is InChI=1S/C15H28N2O.ClH/c1-12-14(8-5-11-16-12)17-15(18)10-9-13-6-3-2-4-7-13;/h12-14,16H,2-11H2,1H3,(H,17,18);1H. The predicted octanol–water partition coefficient (Wildman–Crippen LogP) is 3.03. The second-order valence-corrected chi connectivity index (χ2v) is 6.10. The monoisotopic (exact) mass is 288 g/mol. The molecular weight excluding hydrogens is 260 g/mol. The van der Waals surface area contributed by atoms with Crippen LogP contribution in [0.25, 0.3) is 0 Å². The first kappa shape index (κ1) is 16.8. The maximum absolute atomic E-state index is 12.0. The molecule has 1 aliphatic heterocycles. The molecule has 0 aromatic carbocycles. The first-order valence-corrected chi connectivity index (χ1v) is 7.78. The molecule has 0 radical (unpaired) electrons. The fraction of sp³-hybridized carbons (Fsp3) is 0.933. The minimum atomic E-state index is 0. The van der Waals surface area contributed by atoms with E-state index >= 15 is 0 Å². The van der Waals surface area contributed by atoms with Crippen LogP contribution in [0.5, 0.6) is 0 Å². The molecule has 2 aliphatic rings. The summed E-state index contributed by atoms with van der Waals surface area (Å²) in [6.45, 7) is 3.26. The topological polar surface area (TPSA) is 41.1 Å². The molecule has 0 aromatic heterocycles. The van der Waals surface area contributed by atoms with Crippen LogP contribution in [0.3, 0.4) is 0 Å². The molecule has 2 unspecified atom stereocenters. The molecule has 1 amide bonds. The van der Waals surface area contributed by atoms with Gasteiger partial charge in [0.25, 0.3) is 0 Å². The quantitative estimate of drug-likeness (QED) is 0.835. The van der Waals surface area contributed by atoms with Crippen LogP contribution in [0.15, 0.2) is 0 Å². The van der Waals surface area contributed by atoms with E-state index < -0.39 is 0 Å². The van der Waals surface area contributed by atoms with E-state index in [4.69, 9.17) is 0 Å². The van der Waals surface area contributed by atoms with Gasteiger partial charge < -0.3 is 10.6 Å². The summed E-state index contributed by atoms with van der Waals surface area (Å²) < 4.78 is 0. The van der Waals surface area contributed by atoms with Gasteiger partial charge in [-0.1, -0.05) is 32.1 Å². The van der Waals surface area contributed by atoms with Crippen LogP contribution in [0.4, 0.5) is 0 Å². The maximum atomic E-state index is 12.0. The third-order valence-electron chi connectivity index (χ3n) is 4.61. The normalized spacial score (nSPS) is 28.5. The minimum absolute atomic E-state index is 0. The van der Waals surface area contributed by atoms with Crippen LogP contribution < -0.4 is 10.6 Å². The highest BCUT2D eigenvalue weighted by atomic mass is 35.5. The molecule has 0 spiro atoms. The zero-order valence-electron chi connectivity index (χ0n) is 12.1. The Morgan fingerprint density at radius 3 is 2.58 bits per heavy atom. The van der Waals surface area contributed by atoms with Crippen LogP contribution in [-0.2, 0) is 4.79 Å². The number of carbonyl (C=O) groups is 1. The Balaban J connectivity index is 0.00000180. The summed E-state index contributed by atoms with van der Waals surface area (Å²) >= 11 is 0. The number of nitrogens with one attached hydrogen (secondary N) is 2. The van der Waals surface area contributed by atoms with Crippen LogP contribution in [0.1, 0.15) is 64.7 Å². The largest absolute Gasteiger partial charge is 0.352 e. The summed E-state index contributed by atoms with van der Waals surface area (Å²) in [6.07, 6.45) is 11.0. The van der Waals surface area contributed by atoms with Gasteiger partial charge in [0, 0.05) is 18.5 Å². The van der Waals surface area contributed by atoms with E-state index in [9.17, 15) is 4.79 Å². The van der Waals surface area contributed by atoms with Crippen molar-refractivity contribution in [2.24, 2.45) is 5.92 Å². The van der Waals surface area contributed by atoms with E-state index in [0.717, 1.165) is 31.7 Å². The van der Waals surface area contributed by atoms with Crippen molar-refractivity contribution in [2.45, 2.75) is 76.8 Å². The number of rotatable bonds is 4. The fourth-order valence-electron chi connectivity index (χ4n) is 3.33. The van der Waals surface area contributed by atoms with Gasteiger partial charge in [-0.15, -0.1) is 12.4 Å². The van der Waals surface area contributed by atoms with Gasteiger partial charge in [0.05, 0.1) is 0 Å². The first-order chi connectivity index (χ1) is 8.75. The van der Waals surface area contributed by atoms with Crippen molar-refractivity contribution in [1.29, 1.82) is 0 Å². The molecule has 2 rings (SSSR count). The molecule has 0 bridgehead atoms. The van der Waals surface area contributed by atoms with Gasteiger partial charge in [0.2, 0.25) is 5.91 Å². The van der Waals surface area contributed by atoms with Crippen LogP contribution in [0, 0.1) is 5.92 Å². The molecule has 3 nitrogen and oxygen atoms in total. The molecule has 0 aromatic rings. The minimum Gasteiger partial charge on any atom is -0.352 e. The third kappa shape index (κ3) is 5.70. The average molecular weight is 289 g/mol. The lowest BCUT2D eigenvalue weighted by atomic mass is 9.86. The number of amides is 1. The zero-order chi connectivity index (χ0) is 12.8.